The van der Waals surface area contributed by atoms with E-state index >= 15 is 0 Å². The van der Waals surface area contributed by atoms with E-state index in [2.05, 4.69) is 6.07 Å². The van der Waals surface area contributed by atoms with Gasteiger partial charge in [-0.1, -0.05) is 36.4 Å². The summed E-state index contributed by atoms with van der Waals surface area (Å²) >= 11 is 0. The first kappa shape index (κ1) is 23.1. The van der Waals surface area contributed by atoms with Crippen molar-refractivity contribution in [3.05, 3.63) is 72.8 Å². The number of aliphatic hydroxyl groups is 1. The maximum Gasteiger partial charge on any atom is 0.309 e. The van der Waals surface area contributed by atoms with Crippen molar-refractivity contribution in [1.29, 1.82) is 0 Å². The third-order valence-electron chi connectivity index (χ3n) is 7.75. The standard InChI is InChI=1S/C31H26BNO5/c1-30(2,34)31(3,4)38-32-17-12-13-18-21-15-22-27(16-26(21)36-25(18)14-17)37-29(33-22)20-9-7-11-24-28(20)19-8-5-6-10-23(19)35-24/h5-16,32,34H,1-4H3. The molecule has 0 fully saturated rings. The molecule has 7 aromatic rings. The average molecular weight is 503 g/mol. The van der Waals surface area contributed by atoms with E-state index in [4.69, 9.17) is 22.9 Å². The van der Waals surface area contributed by atoms with E-state index in [0.717, 1.165) is 60.4 Å². The van der Waals surface area contributed by atoms with Gasteiger partial charge in [-0.05, 0) is 63.5 Å². The van der Waals surface area contributed by atoms with Gasteiger partial charge >= 0.3 is 7.48 Å². The normalized spacial score (nSPS) is 13.0. The van der Waals surface area contributed by atoms with Gasteiger partial charge in [-0.15, -0.1) is 0 Å². The average Bonchev–Trinajstić information content (AvgIpc) is 3.57. The van der Waals surface area contributed by atoms with Crippen LogP contribution in [0.1, 0.15) is 27.7 Å². The van der Waals surface area contributed by atoms with Crippen molar-refractivity contribution in [1.82, 2.24) is 4.98 Å². The monoisotopic (exact) mass is 503 g/mol. The van der Waals surface area contributed by atoms with Crippen molar-refractivity contribution in [3.8, 4) is 11.5 Å². The maximum absolute atomic E-state index is 10.4. The molecule has 4 aromatic carbocycles. The molecule has 0 bridgehead atoms. The lowest BCUT2D eigenvalue weighted by molar-refractivity contribution is -0.0893. The molecule has 0 atom stereocenters. The number of rotatable bonds is 5. The molecule has 0 amide bonds. The molecule has 1 N–H and O–H groups in total. The Morgan fingerprint density at radius 3 is 2.32 bits per heavy atom. The van der Waals surface area contributed by atoms with Gasteiger partial charge in [0.05, 0.1) is 11.2 Å². The third kappa shape index (κ3) is 3.54. The zero-order chi connectivity index (χ0) is 26.2. The Morgan fingerprint density at radius 2 is 1.47 bits per heavy atom. The Kier molecular flexibility index (Phi) is 4.84. The molecule has 0 spiro atoms. The summed E-state index contributed by atoms with van der Waals surface area (Å²) in [6.07, 6.45) is 0. The highest BCUT2D eigenvalue weighted by atomic mass is 16.5. The first-order chi connectivity index (χ1) is 18.2. The van der Waals surface area contributed by atoms with Crippen LogP contribution in [0.4, 0.5) is 0 Å². The molecule has 3 heterocycles. The molecule has 7 rings (SSSR count). The van der Waals surface area contributed by atoms with Crippen molar-refractivity contribution in [2.45, 2.75) is 38.9 Å². The van der Waals surface area contributed by atoms with Crippen molar-refractivity contribution in [3.63, 3.8) is 0 Å². The molecule has 3 aromatic heterocycles. The van der Waals surface area contributed by atoms with Crippen LogP contribution >= 0.6 is 0 Å². The van der Waals surface area contributed by atoms with Gasteiger partial charge in [0, 0.05) is 33.2 Å². The highest BCUT2D eigenvalue weighted by molar-refractivity contribution is 6.47. The van der Waals surface area contributed by atoms with Crippen molar-refractivity contribution < 1.29 is 23.0 Å². The number of aromatic nitrogens is 1. The van der Waals surface area contributed by atoms with Gasteiger partial charge in [0.25, 0.3) is 0 Å². The molecule has 0 unspecified atom stereocenters. The number of para-hydroxylation sites is 1. The highest BCUT2D eigenvalue weighted by Crippen LogP contribution is 2.38. The molecule has 7 heteroatoms. The molecule has 0 aliphatic carbocycles. The molecular formula is C31H26BNO5. The number of nitrogens with zero attached hydrogens (tertiary/aromatic N) is 1. The SMILES string of the molecule is CC(C)(O)C(C)(C)OBc1ccc2c(c1)oc1cc3oc(-c4cccc5oc6ccccc6c45)nc3cc12. The summed E-state index contributed by atoms with van der Waals surface area (Å²) in [7, 11) is 0.367. The van der Waals surface area contributed by atoms with Gasteiger partial charge in [-0.25, -0.2) is 4.98 Å². The zero-order valence-corrected chi connectivity index (χ0v) is 21.7. The van der Waals surface area contributed by atoms with E-state index in [0.29, 0.717) is 19.0 Å². The van der Waals surface area contributed by atoms with Crippen LogP contribution in [0.5, 0.6) is 0 Å². The van der Waals surface area contributed by atoms with Crippen LogP contribution in [0.15, 0.2) is 86.0 Å². The topological polar surface area (TPSA) is 81.8 Å². The Bertz CT molecular complexity index is 2000. The van der Waals surface area contributed by atoms with E-state index in [9.17, 15) is 5.11 Å². The molecule has 188 valence electrons. The smallest absolute Gasteiger partial charge is 0.309 e. The molecular weight excluding hydrogens is 477 g/mol. The number of oxazole rings is 1. The van der Waals surface area contributed by atoms with Gasteiger partial charge in [-0.2, -0.15) is 0 Å². The van der Waals surface area contributed by atoms with Crippen LogP contribution in [-0.2, 0) is 4.65 Å². The van der Waals surface area contributed by atoms with Crippen LogP contribution < -0.4 is 5.46 Å². The van der Waals surface area contributed by atoms with Crippen LogP contribution in [0.25, 0.3) is 66.4 Å². The van der Waals surface area contributed by atoms with Gasteiger partial charge in [0.15, 0.2) is 5.58 Å². The summed E-state index contributed by atoms with van der Waals surface area (Å²) in [5, 5.41) is 14.4. The maximum atomic E-state index is 10.4. The van der Waals surface area contributed by atoms with Crippen molar-refractivity contribution >= 4 is 67.9 Å². The number of hydrogen-bond donors (Lipinski definition) is 1. The van der Waals surface area contributed by atoms with E-state index in [-0.39, 0.29) is 0 Å². The van der Waals surface area contributed by atoms with Crippen LogP contribution in [0, 0.1) is 0 Å². The van der Waals surface area contributed by atoms with Crippen LogP contribution in [-0.4, -0.2) is 28.8 Å². The second-order valence-corrected chi connectivity index (χ2v) is 10.9. The molecule has 38 heavy (non-hydrogen) atoms. The largest absolute Gasteiger partial charge is 0.456 e. The Labute approximate surface area is 219 Å². The van der Waals surface area contributed by atoms with Gasteiger partial charge in [0.2, 0.25) is 5.89 Å². The van der Waals surface area contributed by atoms with E-state index in [1.165, 1.54) is 0 Å². The fourth-order valence-electron chi connectivity index (χ4n) is 4.84. The summed E-state index contributed by atoms with van der Waals surface area (Å²) in [6, 6.07) is 23.9. The van der Waals surface area contributed by atoms with Crippen LogP contribution in [0.2, 0.25) is 0 Å². The molecule has 0 saturated carbocycles. The van der Waals surface area contributed by atoms with E-state index < -0.39 is 11.2 Å². The highest BCUT2D eigenvalue weighted by Gasteiger charge is 2.35. The van der Waals surface area contributed by atoms with E-state index in [1.54, 1.807) is 13.8 Å². The Hall–Kier alpha value is -4.07. The lowest BCUT2D eigenvalue weighted by atomic mass is 9.82. The zero-order valence-electron chi connectivity index (χ0n) is 21.7. The predicted molar refractivity (Wildman–Crippen MR) is 152 cm³/mol. The van der Waals surface area contributed by atoms with E-state index in [1.807, 2.05) is 80.6 Å². The minimum atomic E-state index is -0.966. The molecule has 0 aliphatic heterocycles. The number of fused-ring (bicyclic) bond motifs is 7. The van der Waals surface area contributed by atoms with Crippen LogP contribution in [0.3, 0.4) is 0 Å². The molecule has 6 nitrogen and oxygen atoms in total. The predicted octanol–water partition coefficient (Wildman–Crippen LogP) is 6.84. The van der Waals surface area contributed by atoms with Gasteiger partial charge < -0.3 is 23.0 Å². The summed E-state index contributed by atoms with van der Waals surface area (Å²) in [4.78, 5) is 4.86. The van der Waals surface area contributed by atoms with Gasteiger partial charge in [0.1, 0.15) is 27.8 Å². The Morgan fingerprint density at radius 1 is 0.711 bits per heavy atom. The lowest BCUT2D eigenvalue weighted by Gasteiger charge is -2.37. The first-order valence-corrected chi connectivity index (χ1v) is 12.7. The number of hydrogen-bond acceptors (Lipinski definition) is 6. The summed E-state index contributed by atoms with van der Waals surface area (Å²) in [5.41, 5.74) is 4.76. The second-order valence-electron chi connectivity index (χ2n) is 10.9. The van der Waals surface area contributed by atoms with Gasteiger partial charge in [-0.3, -0.25) is 0 Å². The molecule has 0 saturated heterocycles. The quantitative estimate of drug-likeness (QED) is 0.259. The summed E-state index contributed by atoms with van der Waals surface area (Å²) < 4.78 is 24.6. The lowest BCUT2D eigenvalue weighted by Crippen LogP contribution is -2.49. The van der Waals surface area contributed by atoms with Crippen molar-refractivity contribution in [2.24, 2.45) is 0 Å². The Balaban J connectivity index is 1.29. The molecule has 0 radical (unpaired) electrons. The minimum absolute atomic E-state index is 0.367. The first-order valence-electron chi connectivity index (χ1n) is 12.7. The number of benzene rings is 4. The second kappa shape index (κ2) is 7.97. The summed E-state index contributed by atoms with van der Waals surface area (Å²) in [6.45, 7) is 7.28. The van der Waals surface area contributed by atoms with Crippen molar-refractivity contribution in [2.75, 3.05) is 0 Å². The molecule has 0 aliphatic rings. The summed E-state index contributed by atoms with van der Waals surface area (Å²) in [5.74, 6) is 0.544. The fraction of sp³-hybridized carbons (Fsp3) is 0.194. The third-order valence-corrected chi connectivity index (χ3v) is 7.75. The minimum Gasteiger partial charge on any atom is -0.456 e. The fourth-order valence-corrected chi connectivity index (χ4v) is 4.84. The number of furan rings is 2.